The zero-order valence-corrected chi connectivity index (χ0v) is 15.8. The second-order valence-corrected chi connectivity index (χ2v) is 7.36. The van der Waals surface area contributed by atoms with Crippen LogP contribution in [0.2, 0.25) is 0 Å². The summed E-state index contributed by atoms with van der Waals surface area (Å²) in [7, 11) is 0. The Morgan fingerprint density at radius 3 is 2.69 bits per heavy atom. The van der Waals surface area contributed by atoms with Crippen molar-refractivity contribution in [3.63, 3.8) is 0 Å². The number of para-hydroxylation sites is 1. The molecule has 9 heteroatoms. The number of benzene rings is 2. The van der Waals surface area contributed by atoms with Crippen LogP contribution in [0.5, 0.6) is 0 Å². The summed E-state index contributed by atoms with van der Waals surface area (Å²) in [5.41, 5.74) is 0.991. The molecule has 0 aliphatic rings. The van der Waals surface area contributed by atoms with Gasteiger partial charge < -0.3 is 5.32 Å². The first-order valence-corrected chi connectivity index (χ1v) is 9.73. The van der Waals surface area contributed by atoms with Crippen LogP contribution in [0.15, 0.2) is 65.8 Å². The summed E-state index contributed by atoms with van der Waals surface area (Å²) in [6, 6.07) is 16.3. The number of carbonyl (C=O) groups is 1. The second-order valence-electron chi connectivity index (χ2n) is 6.29. The number of fused-ring (bicyclic) bond motifs is 3. The standard InChI is InChI=1S/C20H15F3N4OS/c21-20(22,23)14-5-3-6-15(12-14)24-18(28)10-11-29-19-26-25-17-9-8-13-4-1-2-7-16(13)27(17)19/h1-9,12H,10-11H2,(H,24,28). The Labute approximate surface area is 167 Å². The van der Waals surface area contributed by atoms with E-state index in [9.17, 15) is 18.0 Å². The Kier molecular flexibility index (Phi) is 5.14. The van der Waals surface area contributed by atoms with E-state index < -0.39 is 11.7 Å². The van der Waals surface area contributed by atoms with E-state index in [1.807, 2.05) is 40.8 Å². The van der Waals surface area contributed by atoms with Gasteiger partial charge in [0.25, 0.3) is 0 Å². The molecule has 0 saturated heterocycles. The summed E-state index contributed by atoms with van der Waals surface area (Å²) in [5, 5.41) is 12.5. The van der Waals surface area contributed by atoms with Crippen LogP contribution in [0.4, 0.5) is 18.9 Å². The molecule has 2 aromatic carbocycles. The highest BCUT2D eigenvalue weighted by Gasteiger charge is 2.30. The number of halogens is 3. The normalized spacial score (nSPS) is 11.8. The van der Waals surface area contributed by atoms with Gasteiger partial charge >= 0.3 is 6.18 Å². The predicted octanol–water partition coefficient (Wildman–Crippen LogP) is 5.02. The Hall–Kier alpha value is -3.07. The number of anilines is 1. The van der Waals surface area contributed by atoms with Gasteiger partial charge in [-0.25, -0.2) is 0 Å². The van der Waals surface area contributed by atoms with Gasteiger partial charge in [-0.1, -0.05) is 36.0 Å². The molecule has 5 nitrogen and oxygen atoms in total. The summed E-state index contributed by atoms with van der Waals surface area (Å²) in [6.45, 7) is 0. The van der Waals surface area contributed by atoms with Gasteiger partial charge in [-0.3, -0.25) is 9.20 Å². The van der Waals surface area contributed by atoms with Gasteiger partial charge in [-0.15, -0.1) is 10.2 Å². The molecular weight excluding hydrogens is 401 g/mol. The van der Waals surface area contributed by atoms with Crippen molar-refractivity contribution < 1.29 is 18.0 Å². The molecule has 4 aromatic rings. The minimum absolute atomic E-state index is 0.119. The maximum Gasteiger partial charge on any atom is 0.416 e. The van der Waals surface area contributed by atoms with Gasteiger partial charge in [0.1, 0.15) is 0 Å². The summed E-state index contributed by atoms with van der Waals surface area (Å²) >= 11 is 1.37. The largest absolute Gasteiger partial charge is 0.416 e. The first-order chi connectivity index (χ1) is 13.9. The maximum atomic E-state index is 12.8. The first-order valence-electron chi connectivity index (χ1n) is 8.74. The summed E-state index contributed by atoms with van der Waals surface area (Å²) in [6.07, 6.45) is -4.32. The molecule has 0 unspecified atom stereocenters. The van der Waals surface area contributed by atoms with Gasteiger partial charge in [0.2, 0.25) is 5.91 Å². The quantitative estimate of drug-likeness (QED) is 0.464. The molecule has 2 aromatic heterocycles. The van der Waals surface area contributed by atoms with E-state index in [0.717, 1.165) is 23.0 Å². The Morgan fingerprint density at radius 1 is 1.03 bits per heavy atom. The first kappa shape index (κ1) is 19.3. The molecule has 0 spiro atoms. The number of thioether (sulfide) groups is 1. The number of nitrogens with one attached hydrogen (secondary N) is 1. The van der Waals surface area contributed by atoms with Crippen LogP contribution in [0.1, 0.15) is 12.0 Å². The molecule has 0 radical (unpaired) electrons. The lowest BCUT2D eigenvalue weighted by Gasteiger charge is -2.09. The van der Waals surface area contributed by atoms with Crippen molar-refractivity contribution in [2.45, 2.75) is 17.8 Å². The highest BCUT2D eigenvalue weighted by Crippen LogP contribution is 2.30. The zero-order valence-electron chi connectivity index (χ0n) is 15.0. The second kappa shape index (κ2) is 7.75. The molecule has 148 valence electrons. The number of carbonyl (C=O) groups excluding carboxylic acids is 1. The highest BCUT2D eigenvalue weighted by atomic mass is 32.2. The van der Waals surface area contributed by atoms with Crippen molar-refractivity contribution in [3.05, 3.63) is 66.2 Å². The number of hydrogen-bond acceptors (Lipinski definition) is 4. The van der Waals surface area contributed by atoms with Crippen molar-refractivity contribution in [3.8, 4) is 0 Å². The molecule has 0 fully saturated rings. The van der Waals surface area contributed by atoms with Crippen LogP contribution >= 0.6 is 11.8 Å². The SMILES string of the molecule is O=C(CCSc1nnc2ccc3ccccc3n12)Nc1cccc(C(F)(F)F)c1. The van der Waals surface area contributed by atoms with Crippen LogP contribution < -0.4 is 5.32 Å². The number of aromatic nitrogens is 3. The van der Waals surface area contributed by atoms with Gasteiger partial charge in [-0.05, 0) is 41.8 Å². The minimum Gasteiger partial charge on any atom is -0.326 e. The molecule has 1 amide bonds. The average molecular weight is 416 g/mol. The lowest BCUT2D eigenvalue weighted by atomic mass is 10.2. The van der Waals surface area contributed by atoms with Crippen molar-refractivity contribution in [1.29, 1.82) is 0 Å². The number of amides is 1. The fourth-order valence-corrected chi connectivity index (χ4v) is 3.83. The molecule has 4 rings (SSSR count). The monoisotopic (exact) mass is 416 g/mol. The van der Waals surface area contributed by atoms with Crippen LogP contribution in [0.25, 0.3) is 16.6 Å². The van der Waals surface area contributed by atoms with E-state index in [1.54, 1.807) is 0 Å². The Bertz CT molecular complexity index is 1190. The number of hydrogen-bond donors (Lipinski definition) is 1. The van der Waals surface area contributed by atoms with Crippen LogP contribution in [0.3, 0.4) is 0 Å². The fourth-order valence-electron chi connectivity index (χ4n) is 2.94. The number of nitrogens with zero attached hydrogens (tertiary/aromatic N) is 3. The van der Waals surface area contributed by atoms with Gasteiger partial charge in [0.15, 0.2) is 10.8 Å². The molecule has 2 heterocycles. The fraction of sp³-hybridized carbons (Fsp3) is 0.150. The molecule has 1 N–H and O–H groups in total. The van der Waals surface area contributed by atoms with E-state index in [-0.39, 0.29) is 18.0 Å². The van der Waals surface area contributed by atoms with Crippen molar-refractivity contribution in [2.24, 2.45) is 0 Å². The number of alkyl halides is 3. The van der Waals surface area contributed by atoms with Crippen molar-refractivity contribution in [1.82, 2.24) is 14.6 Å². The third kappa shape index (κ3) is 4.19. The predicted molar refractivity (Wildman–Crippen MR) is 106 cm³/mol. The minimum atomic E-state index is -4.45. The van der Waals surface area contributed by atoms with E-state index in [4.69, 9.17) is 0 Å². The summed E-state index contributed by atoms with van der Waals surface area (Å²) in [5.74, 6) is 0.0462. The van der Waals surface area contributed by atoms with Gasteiger partial charge in [0.05, 0.1) is 11.1 Å². The Balaban J connectivity index is 1.42. The third-order valence-electron chi connectivity index (χ3n) is 4.28. The zero-order chi connectivity index (χ0) is 20.4. The van der Waals surface area contributed by atoms with Gasteiger partial charge in [-0.2, -0.15) is 13.2 Å². The number of pyridine rings is 1. The average Bonchev–Trinajstić information content (AvgIpc) is 3.11. The topological polar surface area (TPSA) is 59.3 Å². The van der Waals surface area contributed by atoms with E-state index in [0.29, 0.717) is 16.6 Å². The smallest absolute Gasteiger partial charge is 0.326 e. The van der Waals surface area contributed by atoms with Crippen LogP contribution in [0, 0.1) is 0 Å². The summed E-state index contributed by atoms with van der Waals surface area (Å²) in [4.78, 5) is 12.1. The number of rotatable bonds is 5. The maximum absolute atomic E-state index is 12.8. The van der Waals surface area contributed by atoms with Crippen molar-refractivity contribution >= 4 is 39.9 Å². The van der Waals surface area contributed by atoms with Crippen LogP contribution in [-0.4, -0.2) is 26.3 Å². The molecule has 0 bridgehead atoms. The third-order valence-corrected chi connectivity index (χ3v) is 5.21. The molecular formula is C20H15F3N4OS. The lowest BCUT2D eigenvalue weighted by Crippen LogP contribution is -2.13. The molecule has 0 aliphatic heterocycles. The van der Waals surface area contributed by atoms with E-state index in [1.165, 1.54) is 23.9 Å². The lowest BCUT2D eigenvalue weighted by molar-refractivity contribution is -0.137. The molecule has 0 atom stereocenters. The summed E-state index contributed by atoms with van der Waals surface area (Å²) < 4.78 is 40.2. The Morgan fingerprint density at radius 2 is 1.86 bits per heavy atom. The molecule has 29 heavy (non-hydrogen) atoms. The molecule has 0 saturated carbocycles. The van der Waals surface area contributed by atoms with Crippen molar-refractivity contribution in [2.75, 3.05) is 11.1 Å². The van der Waals surface area contributed by atoms with Gasteiger partial charge in [0, 0.05) is 17.9 Å². The molecule has 0 aliphatic carbocycles. The van der Waals surface area contributed by atoms with E-state index in [2.05, 4.69) is 15.5 Å². The van der Waals surface area contributed by atoms with E-state index >= 15 is 0 Å². The highest BCUT2D eigenvalue weighted by molar-refractivity contribution is 7.99. The van der Waals surface area contributed by atoms with Crippen LogP contribution in [-0.2, 0) is 11.0 Å².